The Kier molecular flexibility index (Phi) is 8.62. The van der Waals surface area contributed by atoms with Crippen LogP contribution in [0.25, 0.3) is 0 Å². The third-order valence-electron chi connectivity index (χ3n) is 3.91. The summed E-state index contributed by atoms with van der Waals surface area (Å²) in [5.41, 5.74) is 0. The van der Waals surface area contributed by atoms with Crippen molar-refractivity contribution in [3.63, 3.8) is 0 Å². The minimum atomic E-state index is -1.83. The number of hydrogen-bond donors (Lipinski definition) is 0. The maximum absolute atomic E-state index is 13.7. The van der Waals surface area contributed by atoms with Gasteiger partial charge in [-0.15, -0.1) is 0 Å². The minimum absolute atomic E-state index is 0.100. The maximum Gasteiger partial charge on any atom is 0.230 e. The summed E-state index contributed by atoms with van der Waals surface area (Å²) >= 11 is 5.38. The van der Waals surface area contributed by atoms with Crippen LogP contribution in [0.15, 0.2) is 0 Å². The molecule has 1 aliphatic rings. The van der Waals surface area contributed by atoms with Crippen LogP contribution in [0.2, 0.25) is 0 Å². The largest absolute Gasteiger partial charge is 0.377 e. The Labute approximate surface area is 125 Å². The van der Waals surface area contributed by atoms with Gasteiger partial charge in [-0.3, -0.25) is 4.79 Å². The van der Waals surface area contributed by atoms with Crippen LogP contribution in [0.5, 0.6) is 0 Å². The summed E-state index contributed by atoms with van der Waals surface area (Å²) in [4.78, 5) is 11.3. The van der Waals surface area contributed by atoms with Crippen molar-refractivity contribution in [3.05, 3.63) is 0 Å². The molecule has 0 spiro atoms. The summed E-state index contributed by atoms with van der Waals surface area (Å²) in [6.45, 7) is 2.65. The minimum Gasteiger partial charge on any atom is -0.377 e. The van der Waals surface area contributed by atoms with Crippen molar-refractivity contribution < 1.29 is 18.3 Å². The van der Waals surface area contributed by atoms with Crippen molar-refractivity contribution in [2.45, 2.75) is 76.7 Å². The second-order valence-corrected chi connectivity index (χ2v) is 5.92. The monoisotopic (exact) mass is 310 g/mol. The van der Waals surface area contributed by atoms with E-state index >= 15 is 0 Å². The Bertz CT molecular complexity index is 289. The topological polar surface area (TPSA) is 26.3 Å². The molecule has 0 aliphatic heterocycles. The lowest BCUT2D eigenvalue weighted by molar-refractivity contribution is -0.130. The van der Waals surface area contributed by atoms with Gasteiger partial charge >= 0.3 is 0 Å². The van der Waals surface area contributed by atoms with Crippen LogP contribution in [0.4, 0.5) is 8.78 Å². The maximum atomic E-state index is 13.7. The quantitative estimate of drug-likeness (QED) is 0.460. The van der Waals surface area contributed by atoms with Crippen LogP contribution in [0, 0.1) is 5.92 Å². The number of ether oxygens (including phenoxy) is 1. The van der Waals surface area contributed by atoms with Crippen LogP contribution in [-0.2, 0) is 9.53 Å². The van der Waals surface area contributed by atoms with E-state index in [0.717, 1.165) is 19.3 Å². The lowest BCUT2D eigenvalue weighted by Gasteiger charge is -2.33. The van der Waals surface area contributed by atoms with Crippen molar-refractivity contribution in [2.24, 2.45) is 5.92 Å². The van der Waals surface area contributed by atoms with E-state index in [-0.39, 0.29) is 6.42 Å². The molecule has 0 aromatic carbocycles. The zero-order valence-electron chi connectivity index (χ0n) is 12.1. The second-order valence-electron chi connectivity index (χ2n) is 5.54. The molecule has 2 nitrogen and oxygen atoms in total. The number of carbonyl (C=O) groups excluding carboxylic acids is 1. The summed E-state index contributed by atoms with van der Waals surface area (Å²) in [6, 6.07) is 0. The molecule has 0 saturated heterocycles. The van der Waals surface area contributed by atoms with E-state index in [1.54, 1.807) is 0 Å². The fourth-order valence-electron chi connectivity index (χ4n) is 2.67. The van der Waals surface area contributed by atoms with E-state index in [1.165, 1.54) is 19.3 Å². The highest BCUT2D eigenvalue weighted by Gasteiger charge is 2.44. The Morgan fingerprint density at radius 2 is 1.80 bits per heavy atom. The van der Waals surface area contributed by atoms with Crippen molar-refractivity contribution in [1.29, 1.82) is 0 Å². The molecule has 1 rings (SSSR count). The summed E-state index contributed by atoms with van der Waals surface area (Å²) in [5.74, 6) is -1.15. The number of halogens is 3. The molecule has 5 heteroatoms. The van der Waals surface area contributed by atoms with Gasteiger partial charge in [0.05, 0.1) is 12.0 Å². The number of alkyl halides is 2. The molecular weight excluding hydrogens is 286 g/mol. The average Bonchev–Trinajstić information content (AvgIpc) is 2.41. The number of rotatable bonds is 9. The first-order chi connectivity index (χ1) is 9.57. The van der Waals surface area contributed by atoms with Crippen molar-refractivity contribution in [1.82, 2.24) is 0 Å². The van der Waals surface area contributed by atoms with E-state index in [1.807, 2.05) is 0 Å². The normalized spacial score (nSPS) is 30.4. The fourth-order valence-corrected chi connectivity index (χ4v) is 2.93. The van der Waals surface area contributed by atoms with Gasteiger partial charge in [-0.1, -0.05) is 39.0 Å². The van der Waals surface area contributed by atoms with Crippen LogP contribution < -0.4 is 0 Å². The lowest BCUT2D eigenvalue weighted by Crippen LogP contribution is -2.45. The van der Waals surface area contributed by atoms with Gasteiger partial charge in [0.1, 0.15) is 12.3 Å². The summed E-state index contributed by atoms with van der Waals surface area (Å²) in [5, 5.41) is -0.826. The molecule has 118 valence electrons. The zero-order chi connectivity index (χ0) is 15.0. The molecule has 0 heterocycles. The molecule has 0 bridgehead atoms. The summed E-state index contributed by atoms with van der Waals surface area (Å²) in [6.07, 6.45) is 3.25. The predicted octanol–water partition coefficient (Wildman–Crippen LogP) is 4.58. The highest BCUT2D eigenvalue weighted by Crippen LogP contribution is 2.33. The SMILES string of the molecule is CCCCCCCCOC1CCC(F)C(F)C1C(=O)Cl. The first-order valence-electron chi connectivity index (χ1n) is 7.67. The van der Waals surface area contributed by atoms with E-state index in [2.05, 4.69) is 6.92 Å². The van der Waals surface area contributed by atoms with Gasteiger partial charge in [-0.25, -0.2) is 8.78 Å². The molecule has 0 aromatic rings. The van der Waals surface area contributed by atoms with Crippen molar-refractivity contribution in [3.8, 4) is 0 Å². The van der Waals surface area contributed by atoms with E-state index in [0.29, 0.717) is 13.0 Å². The summed E-state index contributed by atoms with van der Waals surface area (Å²) < 4.78 is 32.5. The highest BCUT2D eigenvalue weighted by atomic mass is 35.5. The molecule has 0 aromatic heterocycles. The molecule has 1 saturated carbocycles. The van der Waals surface area contributed by atoms with Gasteiger partial charge in [-0.05, 0) is 30.9 Å². The molecule has 0 N–H and O–H groups in total. The molecule has 4 unspecified atom stereocenters. The number of unbranched alkanes of at least 4 members (excludes halogenated alkanes) is 5. The molecular formula is C15H25ClF2O2. The molecule has 4 atom stereocenters. The Balaban J connectivity index is 2.25. The standard InChI is InChI=1S/C15H25ClF2O2/c1-2-3-4-5-6-7-10-20-12-9-8-11(17)14(18)13(12)15(16)19/h11-14H,2-10H2,1H3. The van der Waals surface area contributed by atoms with Crippen LogP contribution in [0.1, 0.15) is 58.3 Å². The van der Waals surface area contributed by atoms with Gasteiger partial charge in [0.25, 0.3) is 0 Å². The number of hydrogen-bond acceptors (Lipinski definition) is 2. The van der Waals surface area contributed by atoms with E-state index in [4.69, 9.17) is 16.3 Å². The van der Waals surface area contributed by atoms with Gasteiger partial charge < -0.3 is 4.74 Å². The van der Waals surface area contributed by atoms with Gasteiger partial charge in [-0.2, -0.15) is 0 Å². The summed E-state index contributed by atoms with van der Waals surface area (Å²) in [7, 11) is 0. The van der Waals surface area contributed by atoms with E-state index < -0.39 is 29.6 Å². The molecule has 1 fully saturated rings. The van der Waals surface area contributed by atoms with Crippen molar-refractivity contribution in [2.75, 3.05) is 6.61 Å². The third-order valence-corrected chi connectivity index (χ3v) is 4.16. The van der Waals surface area contributed by atoms with E-state index in [9.17, 15) is 13.6 Å². The second kappa shape index (κ2) is 9.67. The lowest BCUT2D eigenvalue weighted by atomic mass is 9.84. The van der Waals surface area contributed by atoms with Crippen LogP contribution >= 0.6 is 11.6 Å². The van der Waals surface area contributed by atoms with Gasteiger partial charge in [0.2, 0.25) is 5.24 Å². The predicted molar refractivity (Wildman–Crippen MR) is 76.5 cm³/mol. The molecule has 0 amide bonds. The van der Waals surface area contributed by atoms with Gasteiger partial charge in [0, 0.05) is 6.61 Å². The Hall–Kier alpha value is -0.220. The average molecular weight is 311 g/mol. The number of carbonyl (C=O) groups is 1. The highest BCUT2D eigenvalue weighted by molar-refractivity contribution is 6.64. The first-order valence-corrected chi connectivity index (χ1v) is 8.04. The Morgan fingerprint density at radius 1 is 1.15 bits per heavy atom. The van der Waals surface area contributed by atoms with Crippen LogP contribution in [-0.4, -0.2) is 30.3 Å². The molecule has 20 heavy (non-hydrogen) atoms. The van der Waals surface area contributed by atoms with Gasteiger partial charge in [0.15, 0.2) is 0 Å². The fraction of sp³-hybridized carbons (Fsp3) is 0.933. The molecule has 0 radical (unpaired) electrons. The van der Waals surface area contributed by atoms with Crippen molar-refractivity contribution >= 4 is 16.8 Å². The Morgan fingerprint density at radius 3 is 2.45 bits per heavy atom. The third kappa shape index (κ3) is 5.65. The molecule has 1 aliphatic carbocycles. The smallest absolute Gasteiger partial charge is 0.230 e. The van der Waals surface area contributed by atoms with Crippen LogP contribution in [0.3, 0.4) is 0 Å². The zero-order valence-corrected chi connectivity index (χ0v) is 12.9. The first kappa shape index (κ1) is 17.8.